The normalized spacial score (nSPS) is 23.3. The van der Waals surface area contributed by atoms with Crippen molar-refractivity contribution in [2.75, 3.05) is 14.1 Å². The standard InChI is InChI=1S/C8H21B2N3/c1-8(2,3)13-9(4)11(6)12(7)10(13)5/h1-7H3. The van der Waals surface area contributed by atoms with Crippen molar-refractivity contribution in [3.8, 4) is 0 Å². The topological polar surface area (TPSA) is 9.72 Å². The van der Waals surface area contributed by atoms with Gasteiger partial charge in [0.05, 0.1) is 0 Å². The minimum atomic E-state index is 0.234. The third kappa shape index (κ3) is 1.78. The van der Waals surface area contributed by atoms with Crippen molar-refractivity contribution in [3.05, 3.63) is 0 Å². The molecule has 0 bridgehead atoms. The van der Waals surface area contributed by atoms with Gasteiger partial charge in [0.25, 0.3) is 0 Å². The van der Waals surface area contributed by atoms with E-state index in [1.165, 1.54) is 0 Å². The molecule has 0 unspecified atom stereocenters. The van der Waals surface area contributed by atoms with E-state index in [9.17, 15) is 0 Å². The lowest BCUT2D eigenvalue weighted by Gasteiger charge is -2.36. The van der Waals surface area contributed by atoms with Crippen LogP contribution in [-0.4, -0.2) is 48.2 Å². The van der Waals surface area contributed by atoms with Crippen LogP contribution in [0, 0.1) is 0 Å². The molecule has 1 rings (SSSR count). The van der Waals surface area contributed by atoms with E-state index in [0.29, 0.717) is 14.0 Å². The lowest BCUT2D eigenvalue weighted by molar-refractivity contribution is 0.245. The smallest absolute Gasteiger partial charge is 0.310 e. The maximum absolute atomic E-state index is 2.52. The summed E-state index contributed by atoms with van der Waals surface area (Å²) in [6.07, 6.45) is 0. The van der Waals surface area contributed by atoms with Gasteiger partial charge in [-0.05, 0) is 40.4 Å². The van der Waals surface area contributed by atoms with Crippen LogP contribution in [0.2, 0.25) is 13.6 Å². The van der Waals surface area contributed by atoms with E-state index in [-0.39, 0.29) is 5.54 Å². The van der Waals surface area contributed by atoms with Crippen LogP contribution >= 0.6 is 0 Å². The molecule has 13 heavy (non-hydrogen) atoms. The Morgan fingerprint density at radius 2 is 1.15 bits per heavy atom. The second-order valence-electron chi connectivity index (χ2n) is 4.99. The van der Waals surface area contributed by atoms with Crippen LogP contribution in [-0.2, 0) is 0 Å². The highest BCUT2D eigenvalue weighted by Crippen LogP contribution is 2.25. The molecule has 0 radical (unpaired) electrons. The second-order valence-corrected chi connectivity index (χ2v) is 4.99. The molecule has 1 aliphatic heterocycles. The molecule has 0 aromatic rings. The van der Waals surface area contributed by atoms with Gasteiger partial charge in [0.2, 0.25) is 0 Å². The quantitative estimate of drug-likeness (QED) is 0.518. The first-order valence-electron chi connectivity index (χ1n) is 5.01. The van der Waals surface area contributed by atoms with Crippen LogP contribution in [0.4, 0.5) is 0 Å². The summed E-state index contributed by atoms with van der Waals surface area (Å²) in [5, 5.41) is 0. The van der Waals surface area contributed by atoms with Crippen molar-refractivity contribution in [1.82, 2.24) is 14.6 Å². The number of rotatable bonds is 0. The van der Waals surface area contributed by atoms with Crippen LogP contribution in [0.25, 0.3) is 0 Å². The molecule has 1 fully saturated rings. The van der Waals surface area contributed by atoms with Crippen LogP contribution in [0.5, 0.6) is 0 Å². The van der Waals surface area contributed by atoms with E-state index in [4.69, 9.17) is 0 Å². The molecular weight excluding hydrogens is 160 g/mol. The van der Waals surface area contributed by atoms with Gasteiger partial charge in [-0.2, -0.15) is 0 Å². The molecule has 0 aliphatic carbocycles. The van der Waals surface area contributed by atoms with Crippen molar-refractivity contribution in [3.63, 3.8) is 0 Å². The summed E-state index contributed by atoms with van der Waals surface area (Å²) in [6.45, 7) is 12.3. The molecule has 0 spiro atoms. The van der Waals surface area contributed by atoms with Crippen molar-refractivity contribution in [1.29, 1.82) is 0 Å². The Bertz CT molecular complexity index is 178. The third-order valence-electron chi connectivity index (χ3n) is 3.16. The maximum atomic E-state index is 2.52. The fraction of sp³-hybridized carbons (Fsp3) is 1.00. The minimum absolute atomic E-state index is 0.234. The highest BCUT2D eigenvalue weighted by atomic mass is 15.6. The Balaban J connectivity index is 2.88. The van der Waals surface area contributed by atoms with Gasteiger partial charge in [-0.3, -0.25) is 9.84 Å². The molecular formula is C8H21B2N3. The molecule has 0 atom stereocenters. The fourth-order valence-corrected chi connectivity index (χ4v) is 2.32. The van der Waals surface area contributed by atoms with E-state index in [1.54, 1.807) is 0 Å². The summed E-state index contributed by atoms with van der Waals surface area (Å²) in [5.41, 5.74) is 0.234. The molecule has 0 aromatic heterocycles. The largest absolute Gasteiger partial charge is 0.350 e. The molecule has 1 saturated heterocycles. The Hall–Kier alpha value is 0.00987. The minimum Gasteiger partial charge on any atom is -0.350 e. The zero-order chi connectivity index (χ0) is 10.4. The van der Waals surface area contributed by atoms with Gasteiger partial charge in [0, 0.05) is 0 Å². The van der Waals surface area contributed by atoms with Crippen molar-refractivity contribution in [2.45, 2.75) is 40.0 Å². The Morgan fingerprint density at radius 1 is 0.846 bits per heavy atom. The Morgan fingerprint density at radius 3 is 1.31 bits per heavy atom. The highest BCUT2D eigenvalue weighted by Gasteiger charge is 2.46. The molecule has 0 saturated carbocycles. The first kappa shape index (κ1) is 11.1. The SMILES string of the molecule is CB1N(C)N(C)B(C)N1C(C)(C)C. The number of hydrogen-bond donors (Lipinski definition) is 0. The molecule has 74 valence electrons. The lowest BCUT2D eigenvalue weighted by atomic mass is 9.62. The molecule has 0 N–H and O–H groups in total. The van der Waals surface area contributed by atoms with E-state index in [0.717, 1.165) is 0 Å². The average molecular weight is 181 g/mol. The van der Waals surface area contributed by atoms with Gasteiger partial charge >= 0.3 is 14.0 Å². The van der Waals surface area contributed by atoms with E-state index >= 15 is 0 Å². The van der Waals surface area contributed by atoms with Gasteiger partial charge in [0.1, 0.15) is 0 Å². The molecule has 5 heteroatoms. The molecule has 1 heterocycles. The van der Waals surface area contributed by atoms with Crippen molar-refractivity contribution < 1.29 is 0 Å². The monoisotopic (exact) mass is 181 g/mol. The summed E-state index contributed by atoms with van der Waals surface area (Å²) in [7, 11) is 4.29. The zero-order valence-electron chi connectivity index (χ0n) is 10.00. The summed E-state index contributed by atoms with van der Waals surface area (Å²) < 4.78 is 2.52. The first-order valence-corrected chi connectivity index (χ1v) is 5.01. The molecule has 1 aliphatic rings. The predicted molar refractivity (Wildman–Crippen MR) is 60.4 cm³/mol. The summed E-state index contributed by atoms with van der Waals surface area (Å²) in [5.74, 6) is 0. The second kappa shape index (κ2) is 3.30. The zero-order valence-corrected chi connectivity index (χ0v) is 10.00. The molecule has 0 amide bonds. The van der Waals surface area contributed by atoms with Crippen LogP contribution in [0.1, 0.15) is 20.8 Å². The van der Waals surface area contributed by atoms with Crippen LogP contribution in [0.15, 0.2) is 0 Å². The first-order chi connectivity index (χ1) is 5.76. The van der Waals surface area contributed by atoms with Crippen LogP contribution in [0.3, 0.4) is 0 Å². The fourth-order valence-electron chi connectivity index (χ4n) is 2.32. The number of hydrogen-bond acceptors (Lipinski definition) is 3. The van der Waals surface area contributed by atoms with E-state index in [1.807, 2.05) is 0 Å². The van der Waals surface area contributed by atoms with Gasteiger partial charge in [-0.25, -0.2) is 0 Å². The predicted octanol–water partition coefficient (Wildman–Crippen LogP) is 1.12. The van der Waals surface area contributed by atoms with Gasteiger partial charge in [-0.15, -0.1) is 0 Å². The average Bonchev–Trinajstić information content (AvgIpc) is 2.14. The summed E-state index contributed by atoms with van der Waals surface area (Å²) in [4.78, 5) is 4.58. The highest BCUT2D eigenvalue weighted by molar-refractivity contribution is 6.72. The van der Waals surface area contributed by atoms with Gasteiger partial charge in [-0.1, -0.05) is 13.6 Å². The molecule has 3 nitrogen and oxygen atoms in total. The number of nitrogens with zero attached hydrogens (tertiary/aromatic N) is 3. The molecule has 0 aromatic carbocycles. The van der Waals surface area contributed by atoms with Gasteiger partial charge in [0.15, 0.2) is 0 Å². The van der Waals surface area contributed by atoms with Crippen LogP contribution < -0.4 is 0 Å². The summed E-state index contributed by atoms with van der Waals surface area (Å²) in [6, 6.07) is 0. The van der Waals surface area contributed by atoms with Crippen molar-refractivity contribution >= 4 is 14.0 Å². The third-order valence-corrected chi connectivity index (χ3v) is 3.16. The van der Waals surface area contributed by atoms with Crippen molar-refractivity contribution in [2.24, 2.45) is 0 Å². The van der Waals surface area contributed by atoms with Gasteiger partial charge < -0.3 is 4.72 Å². The number of hydrazine groups is 1. The van der Waals surface area contributed by atoms with E-state index < -0.39 is 0 Å². The Kier molecular flexibility index (Phi) is 2.81. The lowest BCUT2D eigenvalue weighted by Crippen LogP contribution is -2.54. The summed E-state index contributed by atoms with van der Waals surface area (Å²) >= 11 is 0. The van der Waals surface area contributed by atoms with E-state index in [2.05, 4.69) is 63.1 Å². The maximum Gasteiger partial charge on any atom is 0.310 e. The Labute approximate surface area is 83.3 Å².